The van der Waals surface area contributed by atoms with Crippen molar-refractivity contribution in [3.05, 3.63) is 63.7 Å². The Hall–Kier alpha value is -3.75. The molecule has 138 valence electrons. The van der Waals surface area contributed by atoms with E-state index >= 15 is 0 Å². The fourth-order valence-electron chi connectivity index (χ4n) is 2.82. The predicted octanol–water partition coefficient (Wildman–Crippen LogP) is 2.23. The maximum absolute atomic E-state index is 12.6. The van der Waals surface area contributed by atoms with E-state index in [1.807, 2.05) is 0 Å². The Labute approximate surface area is 153 Å². The van der Waals surface area contributed by atoms with E-state index in [1.54, 1.807) is 12.1 Å². The van der Waals surface area contributed by atoms with Crippen LogP contribution in [0.5, 0.6) is 5.75 Å². The van der Waals surface area contributed by atoms with Gasteiger partial charge in [-0.1, -0.05) is 12.1 Å². The molecule has 2 aromatic carbocycles. The smallest absolute Gasteiger partial charge is 0.271 e. The summed E-state index contributed by atoms with van der Waals surface area (Å²) in [6.07, 6.45) is 0. The minimum Gasteiger partial charge on any atom is -0.495 e. The summed E-state index contributed by atoms with van der Waals surface area (Å²) in [5.41, 5.74) is 0.296. The van der Waals surface area contributed by atoms with E-state index in [1.165, 1.54) is 38.3 Å². The average molecular weight is 369 g/mol. The highest BCUT2D eigenvalue weighted by atomic mass is 16.6. The summed E-state index contributed by atoms with van der Waals surface area (Å²) in [6, 6.07) is 8.90. The molecule has 0 spiro atoms. The molecule has 9 heteroatoms. The Bertz CT molecular complexity index is 936. The number of fused-ring (bicyclic) bond motifs is 1. The molecule has 0 radical (unpaired) electrons. The Kier molecular flexibility index (Phi) is 4.59. The minimum absolute atomic E-state index is 0.0696. The van der Waals surface area contributed by atoms with Crippen molar-refractivity contribution < 1.29 is 24.0 Å². The van der Waals surface area contributed by atoms with E-state index in [9.17, 15) is 24.5 Å². The Morgan fingerprint density at radius 3 is 2.26 bits per heavy atom. The summed E-state index contributed by atoms with van der Waals surface area (Å²) < 4.78 is 5.09. The highest BCUT2D eigenvalue weighted by molar-refractivity contribution is 6.23. The summed E-state index contributed by atoms with van der Waals surface area (Å²) >= 11 is 0. The number of nitro benzene ring substituents is 1. The van der Waals surface area contributed by atoms with E-state index in [4.69, 9.17) is 4.74 Å². The lowest BCUT2D eigenvalue weighted by atomic mass is 10.1. The molecule has 1 N–H and O–H groups in total. The van der Waals surface area contributed by atoms with Crippen molar-refractivity contribution in [2.45, 2.75) is 13.0 Å². The van der Waals surface area contributed by atoms with Gasteiger partial charge in [-0.2, -0.15) is 0 Å². The summed E-state index contributed by atoms with van der Waals surface area (Å²) in [4.78, 5) is 48.8. The molecule has 2 aromatic rings. The maximum atomic E-state index is 12.6. The third-order valence-electron chi connectivity index (χ3n) is 4.24. The van der Waals surface area contributed by atoms with Crippen molar-refractivity contribution >= 4 is 29.1 Å². The first-order valence-electron chi connectivity index (χ1n) is 7.95. The number of carbonyl (C=O) groups is 3. The number of benzene rings is 2. The van der Waals surface area contributed by atoms with Crippen LogP contribution in [0, 0.1) is 10.1 Å². The molecule has 0 aliphatic carbocycles. The molecule has 0 fully saturated rings. The summed E-state index contributed by atoms with van der Waals surface area (Å²) in [5.74, 6) is -1.60. The van der Waals surface area contributed by atoms with Gasteiger partial charge in [0, 0.05) is 12.1 Å². The zero-order valence-electron chi connectivity index (χ0n) is 14.5. The van der Waals surface area contributed by atoms with Crippen molar-refractivity contribution in [1.29, 1.82) is 0 Å². The monoisotopic (exact) mass is 369 g/mol. The molecule has 1 unspecified atom stereocenters. The normalized spacial score (nSPS) is 13.9. The highest BCUT2D eigenvalue weighted by Crippen LogP contribution is 2.30. The largest absolute Gasteiger partial charge is 0.495 e. The standard InChI is InChI=1S/C18H15N3O6/c1-10(20-17(23)12-5-3-4-6-13(12)18(20)24)16(22)19-14-9-11(21(25)26)7-8-15(14)27-2/h3-10H,1-2H3,(H,19,22). The molecule has 0 aromatic heterocycles. The van der Waals surface area contributed by atoms with E-state index in [0.717, 1.165) is 11.0 Å². The van der Waals surface area contributed by atoms with Gasteiger partial charge in [-0.3, -0.25) is 29.4 Å². The topological polar surface area (TPSA) is 119 Å². The molecule has 1 atom stereocenters. The number of carbonyl (C=O) groups excluding carboxylic acids is 3. The number of nitrogens with one attached hydrogen (secondary N) is 1. The number of non-ortho nitro benzene ring substituents is 1. The van der Waals surface area contributed by atoms with Crippen LogP contribution in [0.3, 0.4) is 0 Å². The number of anilines is 1. The maximum Gasteiger partial charge on any atom is 0.271 e. The van der Waals surface area contributed by atoms with Gasteiger partial charge in [0.1, 0.15) is 11.8 Å². The Morgan fingerprint density at radius 1 is 1.15 bits per heavy atom. The molecular formula is C18H15N3O6. The summed E-state index contributed by atoms with van der Waals surface area (Å²) in [5, 5.41) is 13.4. The molecule has 3 amide bonds. The number of imide groups is 1. The summed E-state index contributed by atoms with van der Waals surface area (Å²) in [7, 11) is 1.35. The molecular weight excluding hydrogens is 354 g/mol. The molecule has 27 heavy (non-hydrogen) atoms. The number of rotatable bonds is 5. The molecule has 0 saturated heterocycles. The number of hydrogen-bond donors (Lipinski definition) is 1. The van der Waals surface area contributed by atoms with E-state index in [-0.39, 0.29) is 28.3 Å². The number of amides is 3. The van der Waals surface area contributed by atoms with Crippen molar-refractivity contribution in [2.75, 3.05) is 12.4 Å². The lowest BCUT2D eigenvalue weighted by Gasteiger charge is -2.22. The van der Waals surface area contributed by atoms with Crippen molar-refractivity contribution in [3.63, 3.8) is 0 Å². The lowest BCUT2D eigenvalue weighted by Crippen LogP contribution is -2.45. The van der Waals surface area contributed by atoms with Gasteiger partial charge in [0.15, 0.2) is 0 Å². The molecule has 0 saturated carbocycles. The second-order valence-electron chi connectivity index (χ2n) is 5.83. The van der Waals surface area contributed by atoms with Crippen LogP contribution in [-0.2, 0) is 4.79 Å². The van der Waals surface area contributed by atoms with Crippen molar-refractivity contribution in [1.82, 2.24) is 4.90 Å². The first-order chi connectivity index (χ1) is 12.8. The first kappa shape index (κ1) is 18.1. The highest BCUT2D eigenvalue weighted by Gasteiger charge is 2.40. The fraction of sp³-hybridized carbons (Fsp3) is 0.167. The number of hydrogen-bond acceptors (Lipinski definition) is 6. The van der Waals surface area contributed by atoms with Crippen LogP contribution in [0.15, 0.2) is 42.5 Å². The first-order valence-corrected chi connectivity index (χ1v) is 7.95. The zero-order chi connectivity index (χ0) is 19.7. The molecule has 0 bridgehead atoms. The molecule has 9 nitrogen and oxygen atoms in total. The van der Waals surface area contributed by atoms with Gasteiger partial charge in [-0.15, -0.1) is 0 Å². The molecule has 1 aliphatic rings. The Morgan fingerprint density at radius 2 is 1.74 bits per heavy atom. The van der Waals surface area contributed by atoms with Gasteiger partial charge in [-0.25, -0.2) is 0 Å². The van der Waals surface area contributed by atoms with Crippen molar-refractivity contribution in [3.8, 4) is 5.75 Å². The van der Waals surface area contributed by atoms with Gasteiger partial charge in [0.25, 0.3) is 17.5 Å². The van der Waals surface area contributed by atoms with Crippen LogP contribution < -0.4 is 10.1 Å². The fourth-order valence-corrected chi connectivity index (χ4v) is 2.82. The zero-order valence-corrected chi connectivity index (χ0v) is 14.5. The second-order valence-corrected chi connectivity index (χ2v) is 5.83. The van der Waals surface area contributed by atoms with Gasteiger partial charge >= 0.3 is 0 Å². The summed E-state index contributed by atoms with van der Waals surface area (Å²) in [6.45, 7) is 1.40. The van der Waals surface area contributed by atoms with E-state index < -0.39 is 28.7 Å². The SMILES string of the molecule is COc1ccc([N+](=O)[O-])cc1NC(=O)C(C)N1C(=O)c2ccccc2C1=O. The van der Waals surface area contributed by atoms with Gasteiger partial charge < -0.3 is 10.1 Å². The molecule has 3 rings (SSSR count). The number of nitro groups is 1. The van der Waals surface area contributed by atoms with E-state index in [2.05, 4.69) is 5.32 Å². The van der Waals surface area contributed by atoms with Crippen LogP contribution in [0.25, 0.3) is 0 Å². The lowest BCUT2D eigenvalue weighted by molar-refractivity contribution is -0.384. The van der Waals surface area contributed by atoms with Crippen LogP contribution in [0.4, 0.5) is 11.4 Å². The predicted molar refractivity (Wildman–Crippen MR) is 94.7 cm³/mol. The molecule has 1 aliphatic heterocycles. The molecule has 1 heterocycles. The van der Waals surface area contributed by atoms with Crippen LogP contribution >= 0.6 is 0 Å². The number of nitrogens with zero attached hydrogens (tertiary/aromatic N) is 2. The Balaban J connectivity index is 1.85. The van der Waals surface area contributed by atoms with Crippen LogP contribution in [-0.4, -0.2) is 40.7 Å². The van der Waals surface area contributed by atoms with Gasteiger partial charge in [0.05, 0.1) is 28.8 Å². The average Bonchev–Trinajstić information content (AvgIpc) is 2.92. The quantitative estimate of drug-likeness (QED) is 0.490. The van der Waals surface area contributed by atoms with Gasteiger partial charge in [-0.05, 0) is 25.1 Å². The van der Waals surface area contributed by atoms with Crippen LogP contribution in [0.2, 0.25) is 0 Å². The van der Waals surface area contributed by atoms with Crippen LogP contribution in [0.1, 0.15) is 27.6 Å². The number of methoxy groups -OCH3 is 1. The third kappa shape index (κ3) is 3.10. The van der Waals surface area contributed by atoms with E-state index in [0.29, 0.717) is 0 Å². The minimum atomic E-state index is -1.12. The number of ether oxygens (including phenoxy) is 1. The second kappa shape index (κ2) is 6.87. The third-order valence-corrected chi connectivity index (χ3v) is 4.24. The van der Waals surface area contributed by atoms with Gasteiger partial charge in [0.2, 0.25) is 5.91 Å². The van der Waals surface area contributed by atoms with Crippen molar-refractivity contribution in [2.24, 2.45) is 0 Å².